The first-order chi connectivity index (χ1) is 64.1. The van der Waals surface area contributed by atoms with E-state index in [1.165, 1.54) is 45.9 Å². The Balaban J connectivity index is 1.20. The van der Waals surface area contributed by atoms with E-state index in [1.54, 1.807) is 92.8 Å². The molecule has 3 aliphatic rings. The summed E-state index contributed by atoms with van der Waals surface area (Å²) in [6, 6.07) is -0.914. The standard InChI is InChI=1S/C92H128N18O24S/c1-10-12-22-70-85(126)100-63(35-50(3)4)83(124)104-68(74(114)31-33-77(94)117)48-135-49-79(119)97-64(36-52-26-28-57(134-9)29-27-52)88(129)105(6)51(5)81(122)101-66(41-78(95)118)91(132)109-34-18-25-71(109)86(127)103-67(47-112)84(125)98-61(30-32-76(93)116)90(131)110-44-56(113)40-73(110)87(128)99-62(37-53-42-96-60-21-16-14-19-58(53)60)75(115)39-55(46-111)82(123)102-65(89(130)107(8)72(23-13-11-2)92(133)106(70)7)38-54-43-108(45-80(120)121)69-24-17-15-20-59(54)69/h14-17,19-21,24,26-29,42-43,50-51,55-56,61-68,70-73,96,111-113H,10-13,18,22-23,25,30-41,44-49H2,1-9H3,(H2,93,116)(H2,94,117)(H2,95,118)(H,97,119)(H,98,125)(H,99,128)(H,100,126)(H,101,122)(H,102,123)(H,103,127)(H,104,124)(H,120,121)/t51-,55-,56+,61-,62-,63-,64-,65-,66-,67-,68-,70-,71-,72-,73-/m0/s1. The number of rotatable bonds is 28. The number of ketones is 2. The lowest BCUT2D eigenvalue weighted by Gasteiger charge is -2.36. The van der Waals surface area contributed by atoms with Gasteiger partial charge in [0.1, 0.15) is 78.8 Å². The molecule has 8 rings (SSSR count). The number of primary amides is 3. The van der Waals surface area contributed by atoms with E-state index in [0.717, 1.165) is 36.3 Å². The van der Waals surface area contributed by atoms with Crippen LogP contribution in [0.5, 0.6) is 5.75 Å². The Bertz CT molecular complexity index is 5120. The number of hydrogen-bond acceptors (Lipinski definition) is 24. The van der Waals surface area contributed by atoms with Crippen molar-refractivity contribution in [3.05, 3.63) is 102 Å². The smallest absolute Gasteiger partial charge is 0.323 e. The molecule has 3 saturated heterocycles. The van der Waals surface area contributed by atoms with Crippen LogP contribution < -0.4 is 64.5 Å². The second-order valence-corrected chi connectivity index (χ2v) is 36.0. The molecule has 19 N–H and O–H groups in total. The number of carboxylic acids is 1. The van der Waals surface area contributed by atoms with Crippen LogP contribution in [-0.4, -0.2) is 317 Å². The van der Waals surface area contributed by atoms with Crippen LogP contribution in [0.15, 0.2) is 85.2 Å². The molecule has 5 aromatic rings. The number of thioether (sulfide) groups is 1. The predicted octanol–water partition coefficient (Wildman–Crippen LogP) is -1.72. The summed E-state index contributed by atoms with van der Waals surface area (Å²) < 4.78 is 6.74. The highest BCUT2D eigenvalue weighted by Gasteiger charge is 2.47. The van der Waals surface area contributed by atoms with Crippen LogP contribution in [0.4, 0.5) is 0 Å². The number of aliphatic hydroxyl groups is 3. The van der Waals surface area contributed by atoms with Crippen LogP contribution in [0.25, 0.3) is 21.8 Å². The average molecular weight is 1900 g/mol. The first-order valence-electron chi connectivity index (χ1n) is 45.3. The van der Waals surface area contributed by atoms with Crippen molar-refractivity contribution in [1.82, 2.24) is 76.6 Å². The summed E-state index contributed by atoms with van der Waals surface area (Å²) in [5.41, 5.74) is 19.0. The molecular weight excluding hydrogens is 1770 g/mol. The lowest BCUT2D eigenvalue weighted by Crippen LogP contribution is -2.60. The molecule has 5 heterocycles. The number of carboxylic acid groups (broad SMARTS) is 1. The van der Waals surface area contributed by atoms with Gasteiger partial charge in [-0.1, -0.05) is 102 Å². The van der Waals surface area contributed by atoms with Crippen LogP contribution in [0.1, 0.15) is 154 Å². The molecule has 0 unspecified atom stereocenters. The van der Waals surface area contributed by atoms with E-state index in [-0.39, 0.29) is 63.2 Å². The number of nitrogens with one attached hydrogen (secondary N) is 9. The number of para-hydroxylation sites is 2. The van der Waals surface area contributed by atoms with Gasteiger partial charge < -0.3 is 119 Å². The highest BCUT2D eigenvalue weighted by Crippen LogP contribution is 2.30. The maximum Gasteiger partial charge on any atom is 0.323 e. The van der Waals surface area contributed by atoms with Crippen molar-refractivity contribution in [2.75, 3.05) is 66.1 Å². The number of carbonyl (C=O) groups excluding carboxylic acids is 18. The normalized spacial score (nSPS) is 24.8. The molecule has 0 aliphatic carbocycles. The Morgan fingerprint density at radius 2 is 1.13 bits per heavy atom. The molecule has 0 spiro atoms. The number of fused-ring (bicyclic) bond motifs is 4. The number of aromatic amines is 1. The molecule has 3 aliphatic heterocycles. The van der Waals surface area contributed by atoms with Crippen LogP contribution in [0, 0.1) is 11.8 Å². The van der Waals surface area contributed by atoms with Crippen LogP contribution in [0.2, 0.25) is 0 Å². The van der Waals surface area contributed by atoms with E-state index in [0.29, 0.717) is 69.9 Å². The minimum atomic E-state index is -1.95. The highest BCUT2D eigenvalue weighted by atomic mass is 32.2. The van der Waals surface area contributed by atoms with E-state index in [1.807, 2.05) is 13.8 Å². The van der Waals surface area contributed by atoms with E-state index < -0.39 is 286 Å². The number of ether oxygens (including phenoxy) is 1. The summed E-state index contributed by atoms with van der Waals surface area (Å²) in [5, 5.41) is 65.5. The molecule has 0 bridgehead atoms. The van der Waals surface area contributed by atoms with Gasteiger partial charge in [-0.3, -0.25) is 91.1 Å². The van der Waals surface area contributed by atoms with Crippen molar-refractivity contribution in [3.8, 4) is 5.75 Å². The predicted molar refractivity (Wildman–Crippen MR) is 492 cm³/mol. The van der Waals surface area contributed by atoms with Gasteiger partial charge in [0.2, 0.25) is 94.5 Å². The van der Waals surface area contributed by atoms with Gasteiger partial charge in [-0.05, 0) is 92.3 Å². The maximum absolute atomic E-state index is 15.9. The number of benzene rings is 3. The number of carbonyl (C=O) groups is 19. The van der Waals surface area contributed by atoms with E-state index >= 15 is 33.6 Å². The monoisotopic (exact) mass is 1900 g/mol. The van der Waals surface area contributed by atoms with Crippen LogP contribution >= 0.6 is 11.8 Å². The molecule has 0 saturated carbocycles. The molecule has 2 aromatic heterocycles. The van der Waals surface area contributed by atoms with Crippen molar-refractivity contribution >= 4 is 146 Å². The second-order valence-electron chi connectivity index (χ2n) is 35.0. The molecule has 16 amide bonds. The van der Waals surface area contributed by atoms with Gasteiger partial charge in [-0.15, -0.1) is 11.8 Å². The zero-order valence-corrected chi connectivity index (χ0v) is 78.3. The van der Waals surface area contributed by atoms with Gasteiger partial charge in [-0.25, -0.2) is 0 Å². The quantitative estimate of drug-likeness (QED) is 0.0265. The summed E-state index contributed by atoms with van der Waals surface area (Å²) in [6.07, 6.45) is -2.25. The Labute approximate surface area is 785 Å². The van der Waals surface area contributed by atoms with E-state index in [9.17, 15) is 78.0 Å². The zero-order chi connectivity index (χ0) is 99.4. The Kier molecular flexibility index (Phi) is 40.6. The Hall–Kier alpha value is -12.9. The third-order valence-electron chi connectivity index (χ3n) is 24.5. The van der Waals surface area contributed by atoms with Crippen molar-refractivity contribution in [3.63, 3.8) is 0 Å². The molecule has 15 atom stereocenters. The van der Waals surface area contributed by atoms with Gasteiger partial charge in [0.15, 0.2) is 11.6 Å². The number of likely N-dealkylation sites (N-methyl/N-ethyl adjacent to an activating group) is 3. The minimum Gasteiger partial charge on any atom is -0.497 e. The van der Waals surface area contributed by atoms with Crippen molar-refractivity contribution in [2.45, 2.75) is 248 Å². The number of aliphatic carboxylic acids is 1. The minimum absolute atomic E-state index is 0.00517. The van der Waals surface area contributed by atoms with Gasteiger partial charge in [0.05, 0.1) is 56.6 Å². The number of aliphatic hydroxyl groups excluding tert-OH is 3. The van der Waals surface area contributed by atoms with Crippen molar-refractivity contribution in [2.24, 2.45) is 29.0 Å². The Morgan fingerprint density at radius 1 is 0.556 bits per heavy atom. The summed E-state index contributed by atoms with van der Waals surface area (Å²) in [4.78, 5) is 282. The fourth-order valence-corrected chi connectivity index (χ4v) is 17.8. The van der Waals surface area contributed by atoms with Crippen LogP contribution in [0.3, 0.4) is 0 Å². The molecule has 43 heteroatoms. The highest BCUT2D eigenvalue weighted by molar-refractivity contribution is 8.00. The van der Waals surface area contributed by atoms with Gasteiger partial charge in [-0.2, -0.15) is 0 Å². The van der Waals surface area contributed by atoms with Crippen molar-refractivity contribution < 1.29 is 116 Å². The summed E-state index contributed by atoms with van der Waals surface area (Å²) in [7, 11) is 5.30. The third kappa shape index (κ3) is 29.8. The van der Waals surface area contributed by atoms with E-state index in [2.05, 4.69) is 47.5 Å². The SMILES string of the molecule is CCCC[C@H]1C(=O)N(C)[C@@H](CCCC)C(=O)N[C@@H](CC(C)C)C(=O)N[C@H](C(=O)CCC(N)=O)CSCC(=O)N[C@@H](Cc2ccc(OC)cc2)C(=O)N(C)[C@@H](C)C(=O)N[C@@H](CC(N)=O)C(=O)N2CCC[C@H]2C(=O)N[C@@H](CO)C(=O)N[C@@H](CCC(N)=O)C(=O)N2C[C@H](O)C[C@H]2C(=O)N[C@@H](Cc2c[nH]c3ccccc23)C(=O)C[C@@H](CO)C(=O)N[C@@H](Cc2cn(CC(=O)O)c3ccccc23)C(=O)N1C. The van der Waals surface area contributed by atoms with Crippen molar-refractivity contribution in [1.29, 1.82) is 0 Å². The molecular formula is C92H128N18O24S. The summed E-state index contributed by atoms with van der Waals surface area (Å²) in [5.74, 6) is -21.1. The maximum atomic E-state index is 15.9. The molecule has 3 fully saturated rings. The molecule has 0 radical (unpaired) electrons. The topological polar surface area (TPSA) is 626 Å². The molecule has 736 valence electrons. The lowest BCUT2D eigenvalue weighted by atomic mass is 9.93. The molecule has 3 aromatic carbocycles. The largest absolute Gasteiger partial charge is 0.497 e. The second kappa shape index (κ2) is 51.0. The lowest BCUT2D eigenvalue weighted by molar-refractivity contribution is -0.149. The number of amides is 16. The number of methoxy groups -OCH3 is 1. The zero-order valence-electron chi connectivity index (χ0n) is 77.5. The number of H-pyrrole nitrogens is 1. The number of nitrogens with two attached hydrogens (primary N) is 3. The number of nitrogens with zero attached hydrogens (tertiary/aromatic N) is 6. The first kappa shape index (κ1) is 107. The molecule has 135 heavy (non-hydrogen) atoms. The summed E-state index contributed by atoms with van der Waals surface area (Å²) in [6.45, 7) is 4.85. The number of aromatic nitrogens is 2. The average Bonchev–Trinajstić information content (AvgIpc) is 1.81. The van der Waals surface area contributed by atoms with E-state index in [4.69, 9.17) is 21.9 Å². The number of Topliss-reactive ketones (excluding diaryl/α,β-unsaturated/α-hetero) is 2. The van der Waals surface area contributed by atoms with Gasteiger partial charge in [0.25, 0.3) is 0 Å². The first-order valence-corrected chi connectivity index (χ1v) is 46.4. The fourth-order valence-electron chi connectivity index (χ4n) is 16.9. The third-order valence-corrected chi connectivity index (χ3v) is 25.5. The number of unbranched alkanes of at least 4 members (excludes halogenated alkanes) is 2. The summed E-state index contributed by atoms with van der Waals surface area (Å²) >= 11 is 0.823. The van der Waals surface area contributed by atoms with Gasteiger partial charge >= 0.3 is 5.97 Å². The number of hydrogen-bond donors (Lipinski definition) is 16. The van der Waals surface area contributed by atoms with Crippen LogP contribution in [-0.2, 0) is 117 Å². The van der Waals surface area contributed by atoms with Gasteiger partial charge in [0, 0.05) is 126 Å². The molecule has 42 nitrogen and oxygen atoms in total. The fraction of sp³-hybridized carbons (Fsp3) is 0.554. The Morgan fingerprint density at radius 3 is 1.77 bits per heavy atom.